The zero-order chi connectivity index (χ0) is 12.1. The maximum absolute atomic E-state index is 11.7. The molecule has 90 valence electrons. The molecule has 0 bridgehead atoms. The molecule has 0 saturated heterocycles. The van der Waals surface area contributed by atoms with Crippen LogP contribution < -0.4 is 5.32 Å². The first-order valence-corrected chi connectivity index (χ1v) is 5.58. The van der Waals surface area contributed by atoms with Gasteiger partial charge < -0.3 is 15.0 Å². The largest absolute Gasteiger partial charge is 0.390 e. The first-order valence-electron chi connectivity index (χ1n) is 5.58. The molecule has 1 heterocycles. The van der Waals surface area contributed by atoms with Gasteiger partial charge in [0.25, 0.3) is 0 Å². The van der Waals surface area contributed by atoms with Gasteiger partial charge in [-0.15, -0.1) is 0 Å². The summed E-state index contributed by atoms with van der Waals surface area (Å²) in [5.41, 5.74) is 0.757. The summed E-state index contributed by atoms with van der Waals surface area (Å²) in [6, 6.07) is 3.80. The molecule has 0 spiro atoms. The minimum Gasteiger partial charge on any atom is -0.390 e. The Kier molecular flexibility index (Phi) is 4.55. The second kappa shape index (κ2) is 5.70. The molecule has 0 fully saturated rings. The summed E-state index contributed by atoms with van der Waals surface area (Å²) in [6.07, 6.45) is 1.80. The highest BCUT2D eigenvalue weighted by Crippen LogP contribution is 2.03. The second-order valence-electron chi connectivity index (χ2n) is 4.39. The first-order chi connectivity index (χ1) is 7.54. The van der Waals surface area contributed by atoms with Crippen LogP contribution in [0.1, 0.15) is 26.5 Å². The van der Waals surface area contributed by atoms with Gasteiger partial charge in [-0.3, -0.25) is 4.79 Å². The molecule has 0 aliphatic heterocycles. The minimum absolute atomic E-state index is 0.0212. The molecule has 16 heavy (non-hydrogen) atoms. The van der Waals surface area contributed by atoms with E-state index in [0.717, 1.165) is 5.69 Å². The monoisotopic (exact) mass is 224 g/mol. The van der Waals surface area contributed by atoms with E-state index < -0.39 is 0 Å². The van der Waals surface area contributed by atoms with Crippen LogP contribution in [0.2, 0.25) is 0 Å². The highest BCUT2D eigenvalue weighted by molar-refractivity contribution is 5.76. The van der Waals surface area contributed by atoms with Gasteiger partial charge >= 0.3 is 0 Å². The van der Waals surface area contributed by atoms with Crippen LogP contribution >= 0.6 is 0 Å². The maximum atomic E-state index is 11.7. The average Bonchev–Trinajstić information content (AvgIpc) is 2.64. The van der Waals surface area contributed by atoms with E-state index >= 15 is 0 Å². The lowest BCUT2D eigenvalue weighted by Gasteiger charge is -2.18. The highest BCUT2D eigenvalue weighted by atomic mass is 16.3. The van der Waals surface area contributed by atoms with Gasteiger partial charge in [0.05, 0.1) is 6.61 Å². The van der Waals surface area contributed by atoms with E-state index in [1.165, 1.54) is 0 Å². The van der Waals surface area contributed by atoms with Crippen LogP contribution in [0.4, 0.5) is 0 Å². The smallest absolute Gasteiger partial charge is 0.240 e. The molecule has 4 nitrogen and oxygen atoms in total. The number of aliphatic hydroxyl groups is 1. The number of amides is 1. The Morgan fingerprint density at radius 3 is 2.75 bits per heavy atom. The number of nitrogens with zero attached hydrogens (tertiary/aromatic N) is 1. The van der Waals surface area contributed by atoms with Crippen LogP contribution in [-0.2, 0) is 17.9 Å². The number of aliphatic hydroxyl groups excluding tert-OH is 1. The highest BCUT2D eigenvalue weighted by Gasteiger charge is 2.11. The number of nitrogens with one attached hydrogen (secondary N) is 1. The van der Waals surface area contributed by atoms with Gasteiger partial charge in [0.2, 0.25) is 5.91 Å². The van der Waals surface area contributed by atoms with Crippen molar-refractivity contribution < 1.29 is 9.90 Å². The van der Waals surface area contributed by atoms with Crippen molar-refractivity contribution in [1.82, 2.24) is 9.88 Å². The molecule has 0 aliphatic rings. The van der Waals surface area contributed by atoms with Crippen LogP contribution in [0.5, 0.6) is 0 Å². The predicted molar refractivity (Wildman–Crippen MR) is 62.8 cm³/mol. The fourth-order valence-corrected chi connectivity index (χ4v) is 1.37. The summed E-state index contributed by atoms with van der Waals surface area (Å²) in [6.45, 7) is 6.35. The predicted octanol–water partition coefficient (Wildman–Crippen LogP) is 1.14. The van der Waals surface area contributed by atoms with Crippen molar-refractivity contribution in [1.29, 1.82) is 0 Å². The second-order valence-corrected chi connectivity index (χ2v) is 4.39. The maximum Gasteiger partial charge on any atom is 0.240 e. The van der Waals surface area contributed by atoms with Crippen molar-refractivity contribution in [3.8, 4) is 0 Å². The summed E-state index contributed by atoms with van der Waals surface area (Å²) in [7, 11) is 0. The first kappa shape index (κ1) is 12.8. The summed E-state index contributed by atoms with van der Waals surface area (Å²) in [5, 5.41) is 12.0. The van der Waals surface area contributed by atoms with Gasteiger partial charge in [0.1, 0.15) is 6.54 Å². The molecule has 4 heteroatoms. The van der Waals surface area contributed by atoms with Crippen molar-refractivity contribution in [2.24, 2.45) is 5.92 Å². The Morgan fingerprint density at radius 1 is 1.50 bits per heavy atom. The zero-order valence-corrected chi connectivity index (χ0v) is 10.1. The van der Waals surface area contributed by atoms with Crippen LogP contribution in [0.25, 0.3) is 0 Å². The molecule has 1 rings (SSSR count). The molecular weight excluding hydrogens is 204 g/mol. The Balaban J connectivity index is 2.52. The third-order valence-corrected chi connectivity index (χ3v) is 2.79. The molecule has 1 atom stereocenters. The molecule has 0 aromatic carbocycles. The Labute approximate surface area is 96.3 Å². The topological polar surface area (TPSA) is 54.3 Å². The van der Waals surface area contributed by atoms with Gasteiger partial charge in [-0.05, 0) is 25.0 Å². The normalized spacial score (nSPS) is 12.8. The van der Waals surface area contributed by atoms with Crippen LogP contribution in [-0.4, -0.2) is 21.6 Å². The fourth-order valence-electron chi connectivity index (χ4n) is 1.37. The van der Waals surface area contributed by atoms with Crippen molar-refractivity contribution in [2.75, 3.05) is 0 Å². The zero-order valence-electron chi connectivity index (χ0n) is 10.1. The lowest BCUT2D eigenvalue weighted by atomic mass is 10.1. The number of carbonyl (C=O) groups is 1. The number of carbonyl (C=O) groups excluding carboxylic acids is 1. The molecule has 0 saturated carbocycles. The van der Waals surface area contributed by atoms with Crippen LogP contribution in [0, 0.1) is 5.92 Å². The van der Waals surface area contributed by atoms with Gasteiger partial charge in [-0.1, -0.05) is 13.8 Å². The van der Waals surface area contributed by atoms with E-state index in [9.17, 15) is 4.79 Å². The van der Waals surface area contributed by atoms with Crippen LogP contribution in [0.3, 0.4) is 0 Å². The quantitative estimate of drug-likeness (QED) is 0.788. The van der Waals surface area contributed by atoms with E-state index in [0.29, 0.717) is 5.92 Å². The fraction of sp³-hybridized carbons (Fsp3) is 0.583. The molecule has 0 radical (unpaired) electrons. The van der Waals surface area contributed by atoms with Gasteiger partial charge in [-0.25, -0.2) is 0 Å². The summed E-state index contributed by atoms with van der Waals surface area (Å²) in [5.74, 6) is 0.401. The summed E-state index contributed by atoms with van der Waals surface area (Å²) < 4.78 is 1.75. The molecule has 2 N–H and O–H groups in total. The van der Waals surface area contributed by atoms with E-state index in [4.69, 9.17) is 5.11 Å². The SMILES string of the molecule is CC(C)C(C)NC(=O)Cn1cccc1CO. The Bertz CT molecular complexity index is 345. The summed E-state index contributed by atoms with van der Waals surface area (Å²) in [4.78, 5) is 11.7. The van der Waals surface area contributed by atoms with E-state index in [1.807, 2.05) is 13.0 Å². The molecule has 1 aromatic rings. The Hall–Kier alpha value is -1.29. The lowest BCUT2D eigenvalue weighted by Crippen LogP contribution is -2.38. The number of hydrogen-bond acceptors (Lipinski definition) is 2. The Morgan fingerprint density at radius 2 is 2.19 bits per heavy atom. The number of hydrogen-bond donors (Lipinski definition) is 2. The minimum atomic E-state index is -0.0417. The van der Waals surface area contributed by atoms with E-state index in [2.05, 4.69) is 19.2 Å². The van der Waals surface area contributed by atoms with Crippen LogP contribution in [0.15, 0.2) is 18.3 Å². The average molecular weight is 224 g/mol. The number of aromatic nitrogens is 1. The molecule has 0 aliphatic carbocycles. The number of rotatable bonds is 5. The molecule has 1 aromatic heterocycles. The lowest BCUT2D eigenvalue weighted by molar-refractivity contribution is -0.122. The summed E-state index contributed by atoms with van der Waals surface area (Å²) >= 11 is 0. The van der Waals surface area contributed by atoms with Crippen molar-refractivity contribution in [3.63, 3.8) is 0 Å². The van der Waals surface area contributed by atoms with Crippen molar-refractivity contribution in [2.45, 2.75) is 40.0 Å². The van der Waals surface area contributed by atoms with E-state index in [1.54, 1.807) is 16.8 Å². The third kappa shape index (κ3) is 3.38. The van der Waals surface area contributed by atoms with E-state index in [-0.39, 0.29) is 25.1 Å². The van der Waals surface area contributed by atoms with Crippen molar-refractivity contribution in [3.05, 3.63) is 24.0 Å². The third-order valence-electron chi connectivity index (χ3n) is 2.79. The standard InChI is InChI=1S/C12H20N2O2/c1-9(2)10(3)13-12(16)7-14-6-4-5-11(14)8-15/h4-6,9-10,15H,7-8H2,1-3H3,(H,13,16). The molecule has 1 amide bonds. The van der Waals surface area contributed by atoms with Gasteiger partial charge in [-0.2, -0.15) is 0 Å². The van der Waals surface area contributed by atoms with Gasteiger partial charge in [0.15, 0.2) is 0 Å². The molecule has 1 unspecified atom stereocenters. The van der Waals surface area contributed by atoms with Gasteiger partial charge in [0, 0.05) is 17.9 Å². The molecular formula is C12H20N2O2. The van der Waals surface area contributed by atoms with Crippen molar-refractivity contribution >= 4 is 5.91 Å².